The van der Waals surface area contributed by atoms with E-state index in [-0.39, 0.29) is 5.91 Å². The van der Waals surface area contributed by atoms with Gasteiger partial charge in [0.1, 0.15) is 5.15 Å². The highest BCUT2D eigenvalue weighted by molar-refractivity contribution is 6.32. The van der Waals surface area contributed by atoms with E-state index in [0.29, 0.717) is 16.3 Å². The van der Waals surface area contributed by atoms with Gasteiger partial charge in [-0.25, -0.2) is 10.1 Å². The van der Waals surface area contributed by atoms with Crippen LogP contribution in [0.5, 0.6) is 0 Å². The van der Waals surface area contributed by atoms with Crippen molar-refractivity contribution in [2.45, 2.75) is 13.8 Å². The zero-order valence-corrected chi connectivity index (χ0v) is 14.7. The Bertz CT molecular complexity index is 915. The molecule has 0 unspecified atom stereocenters. The predicted octanol–water partition coefficient (Wildman–Crippen LogP) is 3.91. The lowest BCUT2D eigenvalue weighted by Crippen LogP contribution is -2.17. The van der Waals surface area contributed by atoms with E-state index in [1.807, 2.05) is 56.3 Å². The van der Waals surface area contributed by atoms with E-state index in [0.717, 1.165) is 16.9 Å². The van der Waals surface area contributed by atoms with Crippen LogP contribution in [-0.2, 0) is 0 Å². The van der Waals surface area contributed by atoms with Gasteiger partial charge in [0.15, 0.2) is 0 Å². The maximum absolute atomic E-state index is 12.1. The molecule has 0 aliphatic heterocycles. The quantitative estimate of drug-likeness (QED) is 0.571. The van der Waals surface area contributed by atoms with Crippen molar-refractivity contribution >= 4 is 23.7 Å². The molecule has 0 saturated carbocycles. The molecule has 0 saturated heterocycles. The molecule has 1 amide bonds. The lowest BCUT2D eigenvalue weighted by Gasteiger charge is -2.02. The van der Waals surface area contributed by atoms with Crippen LogP contribution in [-0.4, -0.2) is 21.9 Å². The van der Waals surface area contributed by atoms with Gasteiger partial charge in [0.05, 0.1) is 23.2 Å². The van der Waals surface area contributed by atoms with E-state index in [2.05, 4.69) is 15.6 Å². The molecule has 0 fully saturated rings. The van der Waals surface area contributed by atoms with Crippen LogP contribution in [0.2, 0.25) is 5.15 Å². The second-order valence-corrected chi connectivity index (χ2v) is 5.96. The molecule has 0 atom stereocenters. The van der Waals surface area contributed by atoms with Crippen molar-refractivity contribution < 1.29 is 4.79 Å². The molecule has 5 nitrogen and oxygen atoms in total. The first-order valence-electron chi connectivity index (χ1n) is 7.77. The van der Waals surface area contributed by atoms with Gasteiger partial charge < -0.3 is 0 Å². The van der Waals surface area contributed by atoms with Crippen LogP contribution in [0.4, 0.5) is 0 Å². The molecule has 3 aromatic rings. The van der Waals surface area contributed by atoms with Gasteiger partial charge in [0.2, 0.25) is 0 Å². The number of hydrazone groups is 1. The van der Waals surface area contributed by atoms with Gasteiger partial charge in [-0.15, -0.1) is 0 Å². The highest BCUT2D eigenvalue weighted by Crippen LogP contribution is 2.21. The number of nitrogens with one attached hydrogen (secondary N) is 1. The fraction of sp³-hybridized carbons (Fsp3) is 0.105. The summed E-state index contributed by atoms with van der Waals surface area (Å²) in [4.78, 5) is 12.1. The van der Waals surface area contributed by atoms with Gasteiger partial charge in [-0.2, -0.15) is 10.2 Å². The van der Waals surface area contributed by atoms with Crippen molar-refractivity contribution in [3.05, 3.63) is 82.1 Å². The lowest BCUT2D eigenvalue weighted by atomic mass is 10.1. The van der Waals surface area contributed by atoms with E-state index in [1.54, 1.807) is 16.8 Å². The molecular weight excluding hydrogens is 336 g/mol. The number of carbonyl (C=O) groups is 1. The number of benzene rings is 2. The first kappa shape index (κ1) is 16.9. The number of halogens is 1. The molecular formula is C19H17ClN4O. The third-order valence-electron chi connectivity index (χ3n) is 3.72. The van der Waals surface area contributed by atoms with Crippen LogP contribution in [0.3, 0.4) is 0 Å². The largest absolute Gasteiger partial charge is 0.271 e. The number of rotatable bonds is 4. The smallest absolute Gasteiger partial charge is 0.267 e. The summed E-state index contributed by atoms with van der Waals surface area (Å²) in [7, 11) is 0. The average Bonchev–Trinajstić information content (AvgIpc) is 2.91. The fourth-order valence-electron chi connectivity index (χ4n) is 2.32. The molecule has 1 aromatic heterocycles. The van der Waals surface area contributed by atoms with E-state index in [9.17, 15) is 4.79 Å². The Labute approximate surface area is 150 Å². The van der Waals surface area contributed by atoms with Crippen LogP contribution in [0.15, 0.2) is 59.7 Å². The molecule has 1 N–H and O–H groups in total. The summed E-state index contributed by atoms with van der Waals surface area (Å²) in [6, 6.07) is 16.9. The van der Waals surface area contributed by atoms with E-state index < -0.39 is 0 Å². The lowest BCUT2D eigenvalue weighted by molar-refractivity contribution is 0.0955. The van der Waals surface area contributed by atoms with E-state index in [4.69, 9.17) is 11.6 Å². The normalized spacial score (nSPS) is 11.0. The molecule has 0 aliphatic carbocycles. The van der Waals surface area contributed by atoms with Gasteiger partial charge in [-0.05, 0) is 38.1 Å². The molecule has 1 heterocycles. The van der Waals surface area contributed by atoms with Crippen molar-refractivity contribution in [2.75, 3.05) is 0 Å². The second kappa shape index (κ2) is 7.32. The van der Waals surface area contributed by atoms with Gasteiger partial charge in [-0.1, -0.05) is 47.5 Å². The van der Waals surface area contributed by atoms with Gasteiger partial charge >= 0.3 is 0 Å². The second-order valence-electron chi connectivity index (χ2n) is 5.60. The van der Waals surface area contributed by atoms with Gasteiger partial charge in [0, 0.05) is 5.56 Å². The van der Waals surface area contributed by atoms with Crippen molar-refractivity contribution in [3.8, 4) is 5.69 Å². The monoisotopic (exact) mass is 352 g/mol. The topological polar surface area (TPSA) is 59.3 Å². The number of aromatic nitrogens is 2. The summed E-state index contributed by atoms with van der Waals surface area (Å²) in [5.41, 5.74) is 6.39. The molecule has 6 heteroatoms. The standard InChI is InChI=1S/C19H17ClN4O/c1-13-8-10-15(11-9-13)19(25)22-21-12-17-14(2)23-24(18(17)20)16-6-4-3-5-7-16/h3-12H,1-2H3,(H,22,25)/b21-12+. The Morgan fingerprint density at radius 2 is 1.80 bits per heavy atom. The zero-order valence-electron chi connectivity index (χ0n) is 13.9. The minimum absolute atomic E-state index is 0.277. The van der Waals surface area contributed by atoms with Crippen LogP contribution in [0.25, 0.3) is 5.69 Å². The van der Waals surface area contributed by atoms with E-state index in [1.165, 1.54) is 6.21 Å². The molecule has 0 bridgehead atoms. The SMILES string of the molecule is Cc1ccc(C(=O)N/N=C/c2c(C)nn(-c3ccccc3)c2Cl)cc1. The van der Waals surface area contributed by atoms with Crippen molar-refractivity contribution in [3.63, 3.8) is 0 Å². The fourth-order valence-corrected chi connectivity index (χ4v) is 2.64. The minimum atomic E-state index is -0.277. The van der Waals surface area contributed by atoms with Crippen LogP contribution in [0.1, 0.15) is 27.2 Å². The summed E-state index contributed by atoms with van der Waals surface area (Å²) in [6.45, 7) is 3.81. The molecule has 0 radical (unpaired) electrons. The predicted molar refractivity (Wildman–Crippen MR) is 99.6 cm³/mol. The van der Waals surface area contributed by atoms with Crippen molar-refractivity contribution in [1.82, 2.24) is 15.2 Å². The number of para-hydroxylation sites is 1. The number of amides is 1. The third kappa shape index (κ3) is 3.78. The number of carbonyl (C=O) groups excluding carboxylic acids is 1. The molecule has 2 aromatic carbocycles. The zero-order chi connectivity index (χ0) is 17.8. The number of hydrogen-bond acceptors (Lipinski definition) is 3. The summed E-state index contributed by atoms with van der Waals surface area (Å²) in [5.74, 6) is -0.277. The average molecular weight is 353 g/mol. The number of hydrogen-bond donors (Lipinski definition) is 1. The first-order valence-corrected chi connectivity index (χ1v) is 8.14. The van der Waals surface area contributed by atoms with Crippen molar-refractivity contribution in [1.29, 1.82) is 0 Å². The molecule has 0 spiro atoms. The maximum atomic E-state index is 12.1. The minimum Gasteiger partial charge on any atom is -0.267 e. The van der Waals surface area contributed by atoms with Gasteiger partial charge in [0.25, 0.3) is 5.91 Å². The first-order chi connectivity index (χ1) is 12.1. The van der Waals surface area contributed by atoms with Gasteiger partial charge in [-0.3, -0.25) is 4.79 Å². The summed E-state index contributed by atoms with van der Waals surface area (Å²) < 4.78 is 1.64. The van der Waals surface area contributed by atoms with Crippen molar-refractivity contribution in [2.24, 2.45) is 5.10 Å². The van der Waals surface area contributed by atoms with Crippen LogP contribution >= 0.6 is 11.6 Å². The highest BCUT2D eigenvalue weighted by atomic mass is 35.5. The Hall–Kier alpha value is -2.92. The summed E-state index contributed by atoms with van der Waals surface area (Å²) in [6.07, 6.45) is 1.51. The molecule has 3 rings (SSSR count). The Balaban J connectivity index is 1.77. The van der Waals surface area contributed by atoms with Crippen LogP contribution in [0, 0.1) is 13.8 Å². The molecule has 0 aliphatic rings. The Morgan fingerprint density at radius 1 is 1.12 bits per heavy atom. The highest BCUT2D eigenvalue weighted by Gasteiger charge is 2.13. The Morgan fingerprint density at radius 3 is 2.48 bits per heavy atom. The molecule has 126 valence electrons. The number of nitrogens with zero attached hydrogens (tertiary/aromatic N) is 3. The number of aryl methyl sites for hydroxylation is 2. The summed E-state index contributed by atoms with van der Waals surface area (Å²) in [5, 5.41) is 8.88. The van der Waals surface area contributed by atoms with E-state index >= 15 is 0 Å². The van der Waals surface area contributed by atoms with Crippen LogP contribution < -0.4 is 5.43 Å². The maximum Gasteiger partial charge on any atom is 0.271 e. The summed E-state index contributed by atoms with van der Waals surface area (Å²) >= 11 is 6.41. The Kier molecular flexibility index (Phi) is 4.95. The third-order valence-corrected chi connectivity index (χ3v) is 4.09. The molecule has 25 heavy (non-hydrogen) atoms.